The van der Waals surface area contributed by atoms with Gasteiger partial charge in [0.1, 0.15) is 25.2 Å². The lowest BCUT2D eigenvalue weighted by atomic mass is 9.97. The molecule has 1 aliphatic rings. The molecular formula is C31H29BClN5O. The highest BCUT2D eigenvalue weighted by molar-refractivity contribution is 6.36. The van der Waals surface area contributed by atoms with Crippen LogP contribution in [0.1, 0.15) is 18.4 Å². The van der Waals surface area contributed by atoms with Gasteiger partial charge >= 0.3 is 0 Å². The lowest BCUT2D eigenvalue weighted by Crippen LogP contribution is -2.37. The van der Waals surface area contributed by atoms with Crippen molar-refractivity contribution < 1.29 is 4.74 Å². The first-order valence-electron chi connectivity index (χ1n) is 13.3. The van der Waals surface area contributed by atoms with Crippen LogP contribution in [0.4, 0.5) is 5.82 Å². The number of likely N-dealkylation sites (tertiary alicyclic amines) is 1. The predicted molar refractivity (Wildman–Crippen MR) is 158 cm³/mol. The third-order valence-electron chi connectivity index (χ3n) is 7.11. The molecule has 194 valence electrons. The summed E-state index contributed by atoms with van der Waals surface area (Å²) in [4.78, 5) is 7.27. The average molecular weight is 534 g/mol. The third kappa shape index (κ3) is 5.95. The molecule has 1 N–H and O–H groups in total. The number of nitrogens with one attached hydrogen (secondary N) is 1. The SMILES string of the molecule is [B]c1cnn2c(NCC3CCCN(Cc4cccc(Oc5ccccc5)c4)C3)cc(-c3ccccc3Cl)nc12. The molecule has 0 aliphatic carbocycles. The smallest absolute Gasteiger partial charge is 0.150 e. The summed E-state index contributed by atoms with van der Waals surface area (Å²) in [5, 5.41) is 8.75. The Morgan fingerprint density at radius 3 is 2.67 bits per heavy atom. The molecule has 5 aromatic rings. The molecule has 6 rings (SSSR count). The molecule has 1 atom stereocenters. The van der Waals surface area contributed by atoms with E-state index in [2.05, 4.69) is 33.5 Å². The van der Waals surface area contributed by atoms with Crippen LogP contribution in [0.15, 0.2) is 91.1 Å². The van der Waals surface area contributed by atoms with Crippen molar-refractivity contribution in [1.29, 1.82) is 0 Å². The Hall–Kier alpha value is -3.81. The van der Waals surface area contributed by atoms with Crippen molar-refractivity contribution in [2.24, 2.45) is 5.92 Å². The topological polar surface area (TPSA) is 54.7 Å². The van der Waals surface area contributed by atoms with E-state index in [1.807, 2.05) is 66.7 Å². The van der Waals surface area contributed by atoms with Gasteiger partial charge in [-0.15, -0.1) is 0 Å². The van der Waals surface area contributed by atoms with Gasteiger partial charge in [-0.1, -0.05) is 60.1 Å². The third-order valence-corrected chi connectivity index (χ3v) is 7.44. The number of rotatable bonds is 8. The maximum absolute atomic E-state index is 6.48. The van der Waals surface area contributed by atoms with Crippen molar-refractivity contribution in [3.8, 4) is 22.8 Å². The van der Waals surface area contributed by atoms with Gasteiger partial charge in [-0.3, -0.25) is 4.90 Å². The van der Waals surface area contributed by atoms with E-state index in [1.54, 1.807) is 10.7 Å². The lowest BCUT2D eigenvalue weighted by Gasteiger charge is -2.33. The van der Waals surface area contributed by atoms with Crippen LogP contribution in [0.5, 0.6) is 11.5 Å². The quantitative estimate of drug-likeness (QED) is 0.249. The molecule has 1 aliphatic heterocycles. The zero-order valence-electron chi connectivity index (χ0n) is 21.6. The summed E-state index contributed by atoms with van der Waals surface area (Å²) in [5.41, 5.74) is 4.05. The molecule has 1 saturated heterocycles. The first kappa shape index (κ1) is 25.5. The van der Waals surface area contributed by atoms with E-state index in [9.17, 15) is 0 Å². The number of aromatic nitrogens is 3. The van der Waals surface area contributed by atoms with Crippen LogP contribution in [0.25, 0.3) is 16.9 Å². The van der Waals surface area contributed by atoms with Crippen LogP contribution in [-0.2, 0) is 6.54 Å². The molecule has 0 spiro atoms. The van der Waals surface area contributed by atoms with Crippen LogP contribution < -0.4 is 15.5 Å². The Kier molecular flexibility index (Phi) is 7.52. The molecule has 6 nitrogen and oxygen atoms in total. The summed E-state index contributed by atoms with van der Waals surface area (Å²) in [6, 6.07) is 28.0. The monoisotopic (exact) mass is 533 g/mol. The second kappa shape index (κ2) is 11.5. The number of ether oxygens (including phenoxy) is 1. The fourth-order valence-electron chi connectivity index (χ4n) is 5.21. The largest absolute Gasteiger partial charge is 0.457 e. The van der Waals surface area contributed by atoms with Crippen molar-refractivity contribution in [3.63, 3.8) is 0 Å². The van der Waals surface area contributed by atoms with Gasteiger partial charge in [0.15, 0.2) is 5.65 Å². The predicted octanol–water partition coefficient (Wildman–Crippen LogP) is 5.96. The summed E-state index contributed by atoms with van der Waals surface area (Å²) in [6.45, 7) is 3.83. The van der Waals surface area contributed by atoms with Crippen molar-refractivity contribution in [2.45, 2.75) is 19.4 Å². The molecule has 1 unspecified atom stereocenters. The maximum atomic E-state index is 6.48. The molecule has 8 heteroatoms. The Morgan fingerprint density at radius 1 is 0.974 bits per heavy atom. The van der Waals surface area contributed by atoms with Crippen LogP contribution in [-0.4, -0.2) is 47.0 Å². The summed E-state index contributed by atoms with van der Waals surface area (Å²) in [7, 11) is 6.19. The highest BCUT2D eigenvalue weighted by Gasteiger charge is 2.21. The van der Waals surface area contributed by atoms with E-state index in [1.165, 1.54) is 12.0 Å². The summed E-state index contributed by atoms with van der Waals surface area (Å²) in [5.74, 6) is 3.07. The Morgan fingerprint density at radius 2 is 1.79 bits per heavy atom. The molecule has 3 aromatic carbocycles. The van der Waals surface area contributed by atoms with Crippen molar-refractivity contribution in [1.82, 2.24) is 19.5 Å². The minimum Gasteiger partial charge on any atom is -0.457 e. The standard InChI is InChI=1S/C31H29BClN5O/c32-27-19-35-38-30(17-29(36-31(27)38)26-13-4-5-14-28(26)33)34-18-23-9-7-15-37(21-23)20-22-8-6-12-25(16-22)39-24-10-2-1-3-11-24/h1-6,8,10-14,16-17,19,23,34H,7,9,15,18,20-21H2. The number of fused-ring (bicyclic) bond motifs is 1. The first-order chi connectivity index (χ1) is 19.1. The fourth-order valence-corrected chi connectivity index (χ4v) is 5.45. The molecule has 0 amide bonds. The highest BCUT2D eigenvalue weighted by Crippen LogP contribution is 2.29. The number of benzene rings is 3. The number of hydrogen-bond acceptors (Lipinski definition) is 5. The molecular weight excluding hydrogens is 505 g/mol. The van der Waals surface area contributed by atoms with Crippen molar-refractivity contribution >= 4 is 36.4 Å². The van der Waals surface area contributed by atoms with Crippen molar-refractivity contribution in [3.05, 3.63) is 102 Å². The van der Waals surface area contributed by atoms with Crippen LogP contribution in [0.3, 0.4) is 0 Å². The molecule has 3 heterocycles. The van der Waals surface area contributed by atoms with Crippen LogP contribution >= 0.6 is 11.6 Å². The molecule has 2 radical (unpaired) electrons. The summed E-state index contributed by atoms with van der Waals surface area (Å²) < 4.78 is 7.82. The molecule has 1 fully saturated rings. The van der Waals surface area contributed by atoms with Crippen LogP contribution in [0.2, 0.25) is 5.02 Å². The second-order valence-corrected chi connectivity index (χ2v) is 10.4. The number of halogens is 1. The maximum Gasteiger partial charge on any atom is 0.150 e. The first-order valence-corrected chi connectivity index (χ1v) is 13.7. The van der Waals surface area contributed by atoms with E-state index in [4.69, 9.17) is 29.2 Å². The number of hydrogen-bond donors (Lipinski definition) is 1. The van der Waals surface area contributed by atoms with E-state index >= 15 is 0 Å². The van der Waals surface area contributed by atoms with Crippen LogP contribution in [0, 0.1) is 5.92 Å². The zero-order valence-corrected chi connectivity index (χ0v) is 22.4. The average Bonchev–Trinajstić information content (AvgIpc) is 3.33. The van der Waals surface area contributed by atoms with Gasteiger partial charge in [0, 0.05) is 42.5 Å². The Balaban J connectivity index is 1.13. The van der Waals surface area contributed by atoms with Gasteiger partial charge in [0.05, 0.1) is 5.69 Å². The Bertz CT molecular complexity index is 1570. The fraction of sp³-hybridized carbons (Fsp3) is 0.226. The van der Waals surface area contributed by atoms with Gasteiger partial charge in [0.2, 0.25) is 0 Å². The Labute approximate surface area is 235 Å². The number of piperidine rings is 1. The van der Waals surface area contributed by atoms with Gasteiger partial charge in [-0.05, 0) is 66.7 Å². The highest BCUT2D eigenvalue weighted by atomic mass is 35.5. The van der Waals surface area contributed by atoms with Gasteiger partial charge in [-0.2, -0.15) is 9.61 Å². The van der Waals surface area contributed by atoms with Crippen molar-refractivity contribution in [2.75, 3.05) is 25.0 Å². The lowest BCUT2D eigenvalue weighted by molar-refractivity contribution is 0.173. The summed E-state index contributed by atoms with van der Waals surface area (Å²) >= 11 is 6.48. The van der Waals surface area contributed by atoms with Gasteiger partial charge < -0.3 is 10.1 Å². The normalized spacial score (nSPS) is 15.9. The van der Waals surface area contributed by atoms with Gasteiger partial charge in [0.25, 0.3) is 0 Å². The molecule has 0 saturated carbocycles. The zero-order chi connectivity index (χ0) is 26.6. The minimum atomic E-state index is 0.502. The number of nitrogens with zero attached hydrogens (tertiary/aromatic N) is 4. The van der Waals surface area contributed by atoms with E-state index in [-0.39, 0.29) is 0 Å². The van der Waals surface area contributed by atoms with Gasteiger partial charge in [-0.25, -0.2) is 4.98 Å². The van der Waals surface area contributed by atoms with E-state index in [0.29, 0.717) is 22.1 Å². The summed E-state index contributed by atoms with van der Waals surface area (Å²) in [6.07, 6.45) is 3.98. The second-order valence-electron chi connectivity index (χ2n) is 10.0. The minimum absolute atomic E-state index is 0.502. The number of para-hydroxylation sites is 1. The molecule has 0 bridgehead atoms. The van der Waals surface area contributed by atoms with E-state index < -0.39 is 0 Å². The van der Waals surface area contributed by atoms with E-state index in [0.717, 1.165) is 61.2 Å². The molecule has 39 heavy (non-hydrogen) atoms. The number of anilines is 1. The molecule has 2 aromatic heterocycles.